The van der Waals surface area contributed by atoms with E-state index in [2.05, 4.69) is 5.32 Å². The summed E-state index contributed by atoms with van der Waals surface area (Å²) in [5, 5.41) is 23.5. The molecule has 1 N–H and O–H groups in total. The highest BCUT2D eigenvalue weighted by atomic mass is 16.6. The lowest BCUT2D eigenvalue weighted by molar-refractivity contribution is -0.385. The number of nitrogens with one attached hydrogen (secondary N) is 1. The summed E-state index contributed by atoms with van der Waals surface area (Å²) in [6.07, 6.45) is 1.53. The first kappa shape index (κ1) is 20.6. The number of amides is 1. The van der Waals surface area contributed by atoms with Gasteiger partial charge in [-0.05, 0) is 56.7 Å². The minimum atomic E-state index is -0.500. The van der Waals surface area contributed by atoms with Crippen LogP contribution in [-0.4, -0.2) is 15.4 Å². The number of hydrogen-bond acceptors (Lipinski definition) is 4. The fourth-order valence-electron chi connectivity index (χ4n) is 3.29. The number of carbonyl (C=O) groups is 1. The van der Waals surface area contributed by atoms with Crippen molar-refractivity contribution in [3.05, 3.63) is 92.8 Å². The Hall–Kier alpha value is -4.18. The van der Waals surface area contributed by atoms with Gasteiger partial charge in [0.2, 0.25) is 0 Å². The first-order chi connectivity index (χ1) is 14.3. The number of nitrogens with zero attached hydrogens (tertiary/aromatic N) is 3. The third-order valence-electron chi connectivity index (χ3n) is 4.81. The van der Waals surface area contributed by atoms with Crippen LogP contribution < -0.4 is 5.32 Å². The second kappa shape index (κ2) is 8.45. The molecule has 0 saturated carbocycles. The third kappa shape index (κ3) is 4.13. The van der Waals surface area contributed by atoms with Gasteiger partial charge in [0.1, 0.15) is 11.6 Å². The Morgan fingerprint density at radius 2 is 1.83 bits per heavy atom. The van der Waals surface area contributed by atoms with Gasteiger partial charge in [-0.1, -0.05) is 24.3 Å². The van der Waals surface area contributed by atoms with Gasteiger partial charge >= 0.3 is 0 Å². The number of benzene rings is 2. The van der Waals surface area contributed by atoms with E-state index in [1.807, 2.05) is 42.7 Å². The smallest absolute Gasteiger partial charge is 0.274 e. The Morgan fingerprint density at radius 3 is 2.47 bits per heavy atom. The van der Waals surface area contributed by atoms with Crippen LogP contribution in [0, 0.1) is 42.2 Å². The normalized spacial score (nSPS) is 11.1. The van der Waals surface area contributed by atoms with Crippen molar-refractivity contribution < 1.29 is 9.72 Å². The van der Waals surface area contributed by atoms with Crippen molar-refractivity contribution in [2.24, 2.45) is 0 Å². The largest absolute Gasteiger partial charge is 0.321 e. The number of nitro benzene ring substituents is 1. The van der Waals surface area contributed by atoms with Gasteiger partial charge in [-0.2, -0.15) is 5.26 Å². The van der Waals surface area contributed by atoms with Gasteiger partial charge in [-0.15, -0.1) is 0 Å². The van der Waals surface area contributed by atoms with Crippen LogP contribution in [0.1, 0.15) is 22.5 Å². The maximum atomic E-state index is 12.5. The number of hydrogen-bond donors (Lipinski definition) is 1. The number of nitro groups is 1. The molecule has 3 aromatic rings. The standard InChI is InChI=1S/C23H20N4O3/c1-15-9-10-21(13-22(15)27(29)30)26-16(2)11-18(17(26)3)12-19(14-24)23(28)25-20-7-5-4-6-8-20/h4-13H,1-3H3,(H,25,28)/b19-12-. The van der Waals surface area contributed by atoms with E-state index in [-0.39, 0.29) is 11.3 Å². The van der Waals surface area contributed by atoms with Crippen LogP contribution in [-0.2, 0) is 4.79 Å². The van der Waals surface area contributed by atoms with E-state index in [4.69, 9.17) is 0 Å². The zero-order valence-corrected chi connectivity index (χ0v) is 16.8. The summed E-state index contributed by atoms with van der Waals surface area (Å²) in [7, 11) is 0. The van der Waals surface area contributed by atoms with E-state index >= 15 is 0 Å². The summed E-state index contributed by atoms with van der Waals surface area (Å²) in [6, 6.07) is 17.7. The molecule has 0 spiro atoms. The fourth-order valence-corrected chi connectivity index (χ4v) is 3.29. The third-order valence-corrected chi connectivity index (χ3v) is 4.81. The van der Waals surface area contributed by atoms with Crippen LogP contribution in [0.3, 0.4) is 0 Å². The van der Waals surface area contributed by atoms with Gasteiger partial charge < -0.3 is 9.88 Å². The molecule has 1 amide bonds. The molecule has 0 saturated heterocycles. The van der Waals surface area contributed by atoms with E-state index < -0.39 is 10.8 Å². The molecule has 2 aromatic carbocycles. The Labute approximate surface area is 174 Å². The molecule has 7 heteroatoms. The molecule has 1 aromatic heterocycles. The number of para-hydroxylation sites is 1. The Kier molecular flexibility index (Phi) is 5.79. The summed E-state index contributed by atoms with van der Waals surface area (Å²) in [5.41, 5.74) is 4.12. The van der Waals surface area contributed by atoms with Gasteiger partial charge in [0, 0.05) is 28.7 Å². The number of rotatable bonds is 5. The Bertz CT molecular complexity index is 1200. The zero-order chi connectivity index (χ0) is 21.8. The van der Waals surface area contributed by atoms with E-state index in [1.165, 1.54) is 12.1 Å². The summed E-state index contributed by atoms with van der Waals surface area (Å²) >= 11 is 0. The Morgan fingerprint density at radius 1 is 1.13 bits per heavy atom. The molecule has 0 fully saturated rings. The molecular weight excluding hydrogens is 380 g/mol. The Balaban J connectivity index is 1.98. The fraction of sp³-hybridized carbons (Fsp3) is 0.130. The average molecular weight is 400 g/mol. The molecule has 7 nitrogen and oxygen atoms in total. The van der Waals surface area contributed by atoms with Crippen LogP contribution in [0.5, 0.6) is 0 Å². The molecule has 0 bridgehead atoms. The van der Waals surface area contributed by atoms with Gasteiger partial charge in [-0.25, -0.2) is 0 Å². The van der Waals surface area contributed by atoms with Gasteiger partial charge in [0.25, 0.3) is 11.6 Å². The quantitative estimate of drug-likeness (QED) is 0.286. The molecule has 30 heavy (non-hydrogen) atoms. The van der Waals surface area contributed by atoms with Crippen LogP contribution in [0.4, 0.5) is 11.4 Å². The van der Waals surface area contributed by atoms with Crippen molar-refractivity contribution in [1.29, 1.82) is 5.26 Å². The minimum Gasteiger partial charge on any atom is -0.321 e. The van der Waals surface area contributed by atoms with Crippen LogP contribution in [0.15, 0.2) is 60.2 Å². The molecule has 3 rings (SSSR count). The lowest BCUT2D eigenvalue weighted by Crippen LogP contribution is -2.13. The van der Waals surface area contributed by atoms with E-state index in [0.29, 0.717) is 22.5 Å². The highest BCUT2D eigenvalue weighted by molar-refractivity contribution is 6.09. The van der Waals surface area contributed by atoms with E-state index in [0.717, 1.165) is 11.4 Å². The summed E-state index contributed by atoms with van der Waals surface area (Å²) in [4.78, 5) is 23.4. The first-order valence-corrected chi connectivity index (χ1v) is 9.24. The lowest BCUT2D eigenvalue weighted by atomic mass is 10.1. The number of carbonyl (C=O) groups excluding carboxylic acids is 1. The van der Waals surface area contributed by atoms with Crippen molar-refractivity contribution in [2.75, 3.05) is 5.32 Å². The molecule has 150 valence electrons. The average Bonchev–Trinajstić information content (AvgIpc) is 3.00. The first-order valence-electron chi connectivity index (χ1n) is 9.24. The van der Waals surface area contributed by atoms with Crippen LogP contribution in [0.25, 0.3) is 11.8 Å². The second-order valence-electron chi connectivity index (χ2n) is 6.88. The topological polar surface area (TPSA) is 101 Å². The molecule has 1 heterocycles. The van der Waals surface area contributed by atoms with E-state index in [9.17, 15) is 20.2 Å². The van der Waals surface area contributed by atoms with Crippen molar-refractivity contribution in [2.45, 2.75) is 20.8 Å². The number of aromatic nitrogens is 1. The highest BCUT2D eigenvalue weighted by Crippen LogP contribution is 2.27. The SMILES string of the molecule is Cc1ccc(-n2c(C)cc(/C=C(/C#N)C(=O)Nc3ccccc3)c2C)cc1[N+](=O)[O-]. The van der Waals surface area contributed by atoms with Crippen molar-refractivity contribution >= 4 is 23.4 Å². The molecule has 0 aliphatic heterocycles. The maximum Gasteiger partial charge on any atom is 0.274 e. The molecular formula is C23H20N4O3. The van der Waals surface area contributed by atoms with Gasteiger partial charge in [-0.3, -0.25) is 14.9 Å². The van der Waals surface area contributed by atoms with Crippen LogP contribution in [0.2, 0.25) is 0 Å². The second-order valence-corrected chi connectivity index (χ2v) is 6.88. The van der Waals surface area contributed by atoms with Crippen molar-refractivity contribution in [1.82, 2.24) is 4.57 Å². The minimum absolute atomic E-state index is 0.0333. The van der Waals surface area contributed by atoms with Gasteiger partial charge in [0.15, 0.2) is 0 Å². The lowest BCUT2D eigenvalue weighted by Gasteiger charge is -2.10. The zero-order valence-electron chi connectivity index (χ0n) is 16.8. The van der Waals surface area contributed by atoms with Gasteiger partial charge in [0.05, 0.1) is 10.6 Å². The summed E-state index contributed by atoms with van der Waals surface area (Å²) < 4.78 is 1.86. The summed E-state index contributed by atoms with van der Waals surface area (Å²) in [5.74, 6) is -0.500. The maximum absolute atomic E-state index is 12.5. The van der Waals surface area contributed by atoms with E-state index in [1.54, 1.807) is 37.3 Å². The van der Waals surface area contributed by atoms with Crippen molar-refractivity contribution in [3.63, 3.8) is 0 Å². The number of nitriles is 1. The highest BCUT2D eigenvalue weighted by Gasteiger charge is 2.17. The monoisotopic (exact) mass is 400 g/mol. The number of anilines is 1. The molecule has 0 aliphatic carbocycles. The molecule has 0 unspecified atom stereocenters. The predicted molar refractivity (Wildman–Crippen MR) is 115 cm³/mol. The number of aryl methyl sites for hydroxylation is 2. The predicted octanol–water partition coefficient (Wildman–Crippen LogP) is 4.86. The molecule has 0 radical (unpaired) electrons. The van der Waals surface area contributed by atoms with Crippen molar-refractivity contribution in [3.8, 4) is 11.8 Å². The molecule has 0 atom stereocenters. The molecule has 0 aliphatic rings. The van der Waals surface area contributed by atoms with Crippen LogP contribution >= 0.6 is 0 Å². The summed E-state index contributed by atoms with van der Waals surface area (Å²) in [6.45, 7) is 5.40.